The molecule has 3 N–H and O–H groups in total. The number of thiophene rings is 2. The SMILES string of the molecule is CC(C)Cc1cc2c(=O)[nH]cnc2s1.CCOC(=O)c1cc(CC(C)C)sc1N. The molecule has 6 nitrogen and oxygen atoms in total. The normalized spacial score (nSPS) is 11.0. The zero-order valence-electron chi connectivity index (χ0n) is 17.6. The minimum Gasteiger partial charge on any atom is -0.462 e. The molecule has 29 heavy (non-hydrogen) atoms. The van der Waals surface area contributed by atoms with Gasteiger partial charge in [-0.2, -0.15) is 0 Å². The van der Waals surface area contributed by atoms with Crippen LogP contribution >= 0.6 is 22.7 Å². The van der Waals surface area contributed by atoms with Gasteiger partial charge in [0.2, 0.25) is 0 Å². The second-order valence-electron chi connectivity index (χ2n) is 7.57. The molecule has 0 saturated carbocycles. The van der Waals surface area contributed by atoms with Crippen molar-refractivity contribution in [2.24, 2.45) is 11.8 Å². The molecule has 158 valence electrons. The predicted molar refractivity (Wildman–Crippen MR) is 122 cm³/mol. The van der Waals surface area contributed by atoms with Gasteiger partial charge in [0, 0.05) is 9.75 Å². The van der Waals surface area contributed by atoms with E-state index in [1.54, 1.807) is 18.3 Å². The topological polar surface area (TPSA) is 98.1 Å². The Morgan fingerprint density at radius 3 is 2.31 bits per heavy atom. The van der Waals surface area contributed by atoms with Crippen molar-refractivity contribution in [2.45, 2.75) is 47.5 Å². The number of fused-ring (bicyclic) bond motifs is 1. The highest BCUT2D eigenvalue weighted by Crippen LogP contribution is 2.27. The van der Waals surface area contributed by atoms with Gasteiger partial charge in [0.25, 0.3) is 5.56 Å². The molecule has 0 amide bonds. The fraction of sp³-hybridized carbons (Fsp3) is 0.476. The van der Waals surface area contributed by atoms with Crippen LogP contribution in [-0.4, -0.2) is 22.5 Å². The van der Waals surface area contributed by atoms with Crippen LogP contribution in [0.15, 0.2) is 23.3 Å². The molecule has 3 rings (SSSR count). The highest BCUT2D eigenvalue weighted by molar-refractivity contribution is 7.18. The molecular weight excluding hydrogens is 406 g/mol. The molecule has 3 heterocycles. The van der Waals surface area contributed by atoms with Crippen molar-refractivity contribution in [1.82, 2.24) is 9.97 Å². The number of ether oxygens (including phenoxy) is 1. The van der Waals surface area contributed by atoms with E-state index in [4.69, 9.17) is 10.5 Å². The Bertz CT molecular complexity index is 1000. The van der Waals surface area contributed by atoms with Gasteiger partial charge in [-0.05, 0) is 43.7 Å². The maximum atomic E-state index is 11.5. The predicted octanol–water partition coefficient (Wildman–Crippen LogP) is 4.89. The highest BCUT2D eigenvalue weighted by atomic mass is 32.1. The Hall–Kier alpha value is -2.19. The summed E-state index contributed by atoms with van der Waals surface area (Å²) in [6, 6.07) is 3.80. The molecule has 0 aliphatic rings. The summed E-state index contributed by atoms with van der Waals surface area (Å²) < 4.78 is 4.91. The van der Waals surface area contributed by atoms with Gasteiger partial charge in [-0.15, -0.1) is 22.7 Å². The van der Waals surface area contributed by atoms with E-state index in [2.05, 4.69) is 37.7 Å². The minimum absolute atomic E-state index is 0.0405. The molecule has 3 aromatic heterocycles. The number of nitrogens with zero attached hydrogens (tertiary/aromatic N) is 1. The molecule has 0 unspecified atom stereocenters. The van der Waals surface area contributed by atoms with E-state index in [-0.39, 0.29) is 11.5 Å². The van der Waals surface area contributed by atoms with Crippen LogP contribution in [0.2, 0.25) is 0 Å². The largest absolute Gasteiger partial charge is 0.462 e. The first-order valence-electron chi connectivity index (χ1n) is 9.72. The number of rotatable bonds is 6. The summed E-state index contributed by atoms with van der Waals surface area (Å²) in [5, 5.41) is 1.28. The second kappa shape index (κ2) is 10.5. The number of carbonyl (C=O) groups is 1. The monoisotopic (exact) mass is 435 g/mol. The lowest BCUT2D eigenvalue weighted by atomic mass is 10.1. The molecular formula is C21H29N3O3S2. The second-order valence-corrected chi connectivity index (χ2v) is 9.85. The highest BCUT2D eigenvalue weighted by Gasteiger charge is 2.15. The fourth-order valence-corrected chi connectivity index (χ4v) is 5.09. The number of hydrogen-bond donors (Lipinski definition) is 2. The Balaban J connectivity index is 0.000000207. The molecule has 0 saturated heterocycles. The number of nitrogens with two attached hydrogens (primary N) is 1. The standard InChI is InChI=1S/C11H17NO2S.C10H12N2OS/c1-4-14-11(13)9-6-8(5-7(2)3)15-10(9)12;1-6(2)3-7-4-8-9(13)11-5-12-10(8)14-7/h6-7H,4-5,12H2,1-3H3;4-6H,3H2,1-2H3,(H,11,12,13). The van der Waals surface area contributed by atoms with Gasteiger partial charge in [-0.25, -0.2) is 9.78 Å². The van der Waals surface area contributed by atoms with Crippen molar-refractivity contribution in [2.75, 3.05) is 12.3 Å². The van der Waals surface area contributed by atoms with Crippen molar-refractivity contribution >= 4 is 43.9 Å². The van der Waals surface area contributed by atoms with E-state index >= 15 is 0 Å². The quantitative estimate of drug-likeness (QED) is 0.537. The molecule has 8 heteroatoms. The van der Waals surface area contributed by atoms with Crippen molar-refractivity contribution in [3.05, 3.63) is 44.1 Å². The van der Waals surface area contributed by atoms with Crippen LogP contribution < -0.4 is 11.3 Å². The number of aromatic nitrogens is 2. The zero-order valence-corrected chi connectivity index (χ0v) is 19.2. The Kier molecular flexibility index (Phi) is 8.40. The molecule has 0 fully saturated rings. The Labute approximate surface area is 179 Å². The lowest BCUT2D eigenvalue weighted by Crippen LogP contribution is -2.05. The average molecular weight is 436 g/mol. The Morgan fingerprint density at radius 2 is 1.76 bits per heavy atom. The molecule has 0 radical (unpaired) electrons. The lowest BCUT2D eigenvalue weighted by molar-refractivity contribution is 0.0528. The van der Waals surface area contributed by atoms with Crippen LogP contribution in [0.3, 0.4) is 0 Å². The van der Waals surface area contributed by atoms with Crippen LogP contribution in [0.1, 0.15) is 54.7 Å². The summed E-state index contributed by atoms with van der Waals surface area (Å²) in [5.74, 6) is 0.862. The van der Waals surface area contributed by atoms with Crippen molar-refractivity contribution < 1.29 is 9.53 Å². The number of aromatic amines is 1. The van der Waals surface area contributed by atoms with Gasteiger partial charge >= 0.3 is 5.97 Å². The Morgan fingerprint density at radius 1 is 1.14 bits per heavy atom. The van der Waals surface area contributed by atoms with E-state index in [0.29, 0.717) is 34.4 Å². The van der Waals surface area contributed by atoms with E-state index < -0.39 is 0 Å². The summed E-state index contributed by atoms with van der Waals surface area (Å²) in [7, 11) is 0. The molecule has 0 aliphatic heterocycles. The number of nitrogens with one attached hydrogen (secondary N) is 1. The van der Waals surface area contributed by atoms with E-state index in [0.717, 1.165) is 22.5 Å². The first kappa shape index (κ1) is 23.1. The average Bonchev–Trinajstić information content (AvgIpc) is 3.18. The first-order chi connectivity index (χ1) is 13.7. The van der Waals surface area contributed by atoms with Crippen molar-refractivity contribution in [3.63, 3.8) is 0 Å². The number of nitrogen functional groups attached to an aromatic ring is 1. The number of H-pyrrole nitrogens is 1. The summed E-state index contributed by atoms with van der Waals surface area (Å²) in [5.41, 5.74) is 6.24. The number of anilines is 1. The zero-order chi connectivity index (χ0) is 21.6. The third-order valence-electron chi connectivity index (χ3n) is 3.91. The van der Waals surface area contributed by atoms with Gasteiger partial charge in [0.05, 0.1) is 23.9 Å². The smallest absolute Gasteiger partial charge is 0.341 e. The van der Waals surface area contributed by atoms with Crippen LogP contribution in [0, 0.1) is 11.8 Å². The molecule has 3 aromatic rings. The number of esters is 1. The van der Waals surface area contributed by atoms with Gasteiger partial charge in [0.1, 0.15) is 9.83 Å². The molecule has 0 atom stereocenters. The van der Waals surface area contributed by atoms with Crippen LogP contribution in [0.4, 0.5) is 5.00 Å². The minimum atomic E-state index is -0.318. The first-order valence-corrected chi connectivity index (χ1v) is 11.4. The molecule has 0 aliphatic carbocycles. The van der Waals surface area contributed by atoms with Crippen LogP contribution in [0.5, 0.6) is 0 Å². The summed E-state index contributed by atoms with van der Waals surface area (Å²) in [6.07, 6.45) is 3.43. The summed E-state index contributed by atoms with van der Waals surface area (Å²) >= 11 is 3.08. The maximum Gasteiger partial charge on any atom is 0.341 e. The van der Waals surface area contributed by atoms with E-state index in [1.165, 1.54) is 22.5 Å². The summed E-state index contributed by atoms with van der Waals surface area (Å²) in [6.45, 7) is 10.8. The van der Waals surface area contributed by atoms with E-state index in [9.17, 15) is 9.59 Å². The van der Waals surface area contributed by atoms with Gasteiger partial charge < -0.3 is 15.5 Å². The molecule has 0 spiro atoms. The lowest BCUT2D eigenvalue weighted by Gasteiger charge is -1.99. The van der Waals surface area contributed by atoms with Gasteiger partial charge in [-0.1, -0.05) is 27.7 Å². The number of hydrogen-bond acceptors (Lipinski definition) is 7. The van der Waals surface area contributed by atoms with Gasteiger partial charge in [-0.3, -0.25) is 4.79 Å². The number of carbonyl (C=O) groups excluding carboxylic acids is 1. The molecule has 0 aromatic carbocycles. The van der Waals surface area contributed by atoms with Crippen molar-refractivity contribution in [3.8, 4) is 0 Å². The third-order valence-corrected chi connectivity index (χ3v) is 5.96. The third kappa shape index (κ3) is 6.68. The van der Waals surface area contributed by atoms with Crippen LogP contribution in [0.25, 0.3) is 10.2 Å². The molecule has 0 bridgehead atoms. The van der Waals surface area contributed by atoms with Crippen molar-refractivity contribution in [1.29, 1.82) is 0 Å². The maximum absolute atomic E-state index is 11.5. The van der Waals surface area contributed by atoms with E-state index in [1.807, 2.05) is 12.1 Å². The van der Waals surface area contributed by atoms with Gasteiger partial charge in [0.15, 0.2) is 0 Å². The van der Waals surface area contributed by atoms with Crippen LogP contribution in [-0.2, 0) is 17.6 Å². The fourth-order valence-electron chi connectivity index (χ4n) is 2.75. The summed E-state index contributed by atoms with van der Waals surface area (Å²) in [4.78, 5) is 32.8.